The summed E-state index contributed by atoms with van der Waals surface area (Å²) in [5.41, 5.74) is 9.19. The minimum atomic E-state index is -4.71. The van der Waals surface area contributed by atoms with Crippen molar-refractivity contribution < 1.29 is 27.2 Å². The molecular weight excluding hydrogens is 404 g/mol. The number of hydrogen-bond donors (Lipinski definition) is 2. The number of hydrogen-bond acceptors (Lipinski definition) is 2. The maximum absolute atomic E-state index is 13.7. The molecule has 10 heteroatoms. The van der Waals surface area contributed by atoms with Crippen LogP contribution in [0.3, 0.4) is 0 Å². The van der Waals surface area contributed by atoms with Crippen LogP contribution in [0.2, 0.25) is 0 Å². The molecule has 0 unspecified atom stereocenters. The molecule has 1 saturated heterocycles. The van der Waals surface area contributed by atoms with Crippen LogP contribution < -0.4 is 11.5 Å². The Balaban J connectivity index is 1.86. The molecule has 158 valence electrons. The van der Waals surface area contributed by atoms with Crippen molar-refractivity contribution in [1.82, 2.24) is 4.90 Å². The SMILES string of the molecule is NC(N)=NC(=O)c1ccc([C@@H]2CCN(C(=O)c3ccc(F)cc3)C2)c(C(F)(F)F)c1. The van der Waals surface area contributed by atoms with Crippen LogP contribution in [0.1, 0.15) is 44.2 Å². The molecule has 0 saturated carbocycles. The average Bonchev–Trinajstić information content (AvgIpc) is 3.16. The van der Waals surface area contributed by atoms with Gasteiger partial charge < -0.3 is 16.4 Å². The fourth-order valence-corrected chi connectivity index (χ4v) is 3.45. The van der Waals surface area contributed by atoms with Gasteiger partial charge in [-0.3, -0.25) is 9.59 Å². The monoisotopic (exact) mass is 422 g/mol. The molecule has 1 fully saturated rings. The van der Waals surface area contributed by atoms with Gasteiger partial charge >= 0.3 is 6.18 Å². The van der Waals surface area contributed by atoms with Gasteiger partial charge in [0.2, 0.25) is 0 Å². The molecular formula is C20H18F4N4O2. The van der Waals surface area contributed by atoms with E-state index >= 15 is 0 Å². The van der Waals surface area contributed by atoms with Crippen molar-refractivity contribution in [3.8, 4) is 0 Å². The Kier molecular flexibility index (Phi) is 5.77. The first kappa shape index (κ1) is 21.3. The Morgan fingerprint density at radius 2 is 1.67 bits per heavy atom. The van der Waals surface area contributed by atoms with Crippen molar-refractivity contribution in [3.05, 3.63) is 70.5 Å². The molecule has 1 atom stereocenters. The maximum Gasteiger partial charge on any atom is 0.416 e. The highest BCUT2D eigenvalue weighted by atomic mass is 19.4. The normalized spacial score (nSPS) is 16.4. The standard InChI is InChI=1S/C20H18F4N4O2/c21-14-4-1-11(2-5-14)18(30)28-8-7-13(10-28)15-6-3-12(17(29)27-19(25)26)9-16(15)20(22,23)24/h1-6,9,13H,7-8,10H2,(H4,25,26,27,29)/t13-/m1/s1. The van der Waals surface area contributed by atoms with E-state index in [2.05, 4.69) is 4.99 Å². The van der Waals surface area contributed by atoms with Crippen LogP contribution in [0.15, 0.2) is 47.5 Å². The Hall–Kier alpha value is -3.43. The van der Waals surface area contributed by atoms with Gasteiger partial charge in [0.25, 0.3) is 11.8 Å². The summed E-state index contributed by atoms with van der Waals surface area (Å²) >= 11 is 0. The number of guanidine groups is 1. The molecule has 6 nitrogen and oxygen atoms in total. The summed E-state index contributed by atoms with van der Waals surface area (Å²) in [4.78, 5) is 29.1. The Morgan fingerprint density at radius 1 is 1.03 bits per heavy atom. The van der Waals surface area contributed by atoms with E-state index < -0.39 is 35.3 Å². The van der Waals surface area contributed by atoms with Gasteiger partial charge in [-0.2, -0.15) is 18.2 Å². The van der Waals surface area contributed by atoms with Crippen LogP contribution in [-0.4, -0.2) is 35.8 Å². The molecule has 3 rings (SSSR count). The summed E-state index contributed by atoms with van der Waals surface area (Å²) in [6, 6.07) is 8.11. The van der Waals surface area contributed by atoms with Crippen molar-refractivity contribution in [2.75, 3.05) is 13.1 Å². The van der Waals surface area contributed by atoms with Crippen molar-refractivity contribution in [1.29, 1.82) is 0 Å². The number of nitrogens with zero attached hydrogens (tertiary/aromatic N) is 2. The number of benzene rings is 2. The van der Waals surface area contributed by atoms with Gasteiger partial charge in [-0.25, -0.2) is 4.39 Å². The Bertz CT molecular complexity index is 999. The van der Waals surface area contributed by atoms with Gasteiger partial charge in [0.05, 0.1) is 5.56 Å². The molecule has 0 radical (unpaired) electrons. The minimum Gasteiger partial charge on any atom is -0.370 e. The molecule has 1 heterocycles. The first-order valence-electron chi connectivity index (χ1n) is 8.96. The zero-order valence-corrected chi connectivity index (χ0v) is 15.6. The van der Waals surface area contributed by atoms with Crippen LogP contribution in [0.5, 0.6) is 0 Å². The number of carbonyl (C=O) groups excluding carboxylic acids is 2. The molecule has 0 spiro atoms. The smallest absolute Gasteiger partial charge is 0.370 e. The highest BCUT2D eigenvalue weighted by molar-refractivity contribution is 6.02. The lowest BCUT2D eigenvalue weighted by atomic mass is 9.91. The largest absolute Gasteiger partial charge is 0.416 e. The molecule has 2 amide bonds. The predicted molar refractivity (Wildman–Crippen MR) is 101 cm³/mol. The topological polar surface area (TPSA) is 102 Å². The molecule has 2 aromatic carbocycles. The number of rotatable bonds is 3. The highest BCUT2D eigenvalue weighted by Gasteiger charge is 2.38. The second-order valence-corrected chi connectivity index (χ2v) is 6.89. The first-order valence-corrected chi connectivity index (χ1v) is 8.96. The third-order valence-corrected chi connectivity index (χ3v) is 4.84. The van der Waals surface area contributed by atoms with Gasteiger partial charge in [-0.05, 0) is 48.4 Å². The van der Waals surface area contributed by atoms with Gasteiger partial charge in [0.15, 0.2) is 5.96 Å². The van der Waals surface area contributed by atoms with E-state index in [1.165, 1.54) is 29.2 Å². The van der Waals surface area contributed by atoms with Crippen LogP contribution >= 0.6 is 0 Å². The zero-order chi connectivity index (χ0) is 22.1. The molecule has 1 aliphatic heterocycles. The number of halogens is 4. The zero-order valence-electron chi connectivity index (χ0n) is 15.6. The highest BCUT2D eigenvalue weighted by Crippen LogP contribution is 2.39. The number of amides is 2. The Morgan fingerprint density at radius 3 is 2.27 bits per heavy atom. The quantitative estimate of drug-likeness (QED) is 0.451. The van der Waals surface area contributed by atoms with E-state index in [4.69, 9.17) is 11.5 Å². The second kappa shape index (κ2) is 8.13. The predicted octanol–water partition coefficient (Wildman–Crippen LogP) is 2.89. The molecule has 0 bridgehead atoms. The second-order valence-electron chi connectivity index (χ2n) is 6.89. The summed E-state index contributed by atoms with van der Waals surface area (Å²) < 4.78 is 54.0. The summed E-state index contributed by atoms with van der Waals surface area (Å²) in [6.45, 7) is 0.327. The van der Waals surface area contributed by atoms with Crippen LogP contribution in [-0.2, 0) is 6.18 Å². The van der Waals surface area contributed by atoms with E-state index in [0.717, 1.165) is 12.1 Å². The van der Waals surface area contributed by atoms with Gasteiger partial charge in [-0.15, -0.1) is 0 Å². The molecule has 0 aliphatic carbocycles. The lowest BCUT2D eigenvalue weighted by molar-refractivity contribution is -0.138. The number of likely N-dealkylation sites (tertiary alicyclic amines) is 1. The third kappa shape index (κ3) is 4.58. The van der Waals surface area contributed by atoms with Crippen LogP contribution in [0.4, 0.5) is 17.6 Å². The fraction of sp³-hybridized carbons (Fsp3) is 0.250. The molecule has 2 aromatic rings. The van der Waals surface area contributed by atoms with E-state index in [0.29, 0.717) is 12.5 Å². The summed E-state index contributed by atoms with van der Waals surface area (Å²) in [5.74, 6) is -2.98. The van der Waals surface area contributed by atoms with E-state index in [9.17, 15) is 27.2 Å². The fourth-order valence-electron chi connectivity index (χ4n) is 3.45. The minimum absolute atomic E-state index is 0.0156. The Labute approximate surface area is 169 Å². The van der Waals surface area contributed by atoms with Gasteiger partial charge in [0, 0.05) is 30.1 Å². The van der Waals surface area contributed by atoms with Crippen molar-refractivity contribution in [3.63, 3.8) is 0 Å². The van der Waals surface area contributed by atoms with Crippen molar-refractivity contribution >= 4 is 17.8 Å². The summed E-state index contributed by atoms with van der Waals surface area (Å²) in [7, 11) is 0. The van der Waals surface area contributed by atoms with E-state index in [-0.39, 0.29) is 35.7 Å². The van der Waals surface area contributed by atoms with Gasteiger partial charge in [-0.1, -0.05) is 6.07 Å². The average molecular weight is 422 g/mol. The summed E-state index contributed by atoms with van der Waals surface area (Å²) in [5, 5.41) is 0. The summed E-state index contributed by atoms with van der Waals surface area (Å²) in [6.07, 6.45) is -4.39. The molecule has 4 N–H and O–H groups in total. The van der Waals surface area contributed by atoms with Crippen LogP contribution in [0.25, 0.3) is 0 Å². The number of nitrogens with two attached hydrogens (primary N) is 2. The molecule has 1 aliphatic rings. The van der Waals surface area contributed by atoms with Gasteiger partial charge in [0.1, 0.15) is 5.82 Å². The number of carbonyl (C=O) groups is 2. The van der Waals surface area contributed by atoms with Crippen molar-refractivity contribution in [2.24, 2.45) is 16.5 Å². The third-order valence-electron chi connectivity index (χ3n) is 4.84. The molecule has 0 aromatic heterocycles. The number of aliphatic imine (C=N–C) groups is 1. The van der Waals surface area contributed by atoms with Crippen LogP contribution in [0, 0.1) is 5.82 Å². The van der Waals surface area contributed by atoms with E-state index in [1.54, 1.807) is 0 Å². The maximum atomic E-state index is 13.7. The van der Waals surface area contributed by atoms with E-state index in [1.807, 2.05) is 0 Å². The lowest BCUT2D eigenvalue weighted by Gasteiger charge is -2.20. The molecule has 30 heavy (non-hydrogen) atoms. The number of alkyl halides is 3. The lowest BCUT2D eigenvalue weighted by Crippen LogP contribution is -2.28. The van der Waals surface area contributed by atoms with Crippen molar-refractivity contribution in [2.45, 2.75) is 18.5 Å². The first-order chi connectivity index (χ1) is 14.1.